The molecule has 0 saturated carbocycles. The van der Waals surface area contributed by atoms with E-state index in [1.54, 1.807) is 0 Å². The van der Waals surface area contributed by atoms with E-state index in [1.807, 2.05) is 63.5 Å². The molecule has 0 aromatic heterocycles. The van der Waals surface area contributed by atoms with Crippen molar-refractivity contribution < 1.29 is 9.59 Å². The molecule has 1 saturated heterocycles. The molecular formula is C20H36N2O2. The van der Waals surface area contributed by atoms with Crippen LogP contribution in [0.5, 0.6) is 0 Å². The number of piperazine rings is 1. The predicted molar refractivity (Wildman–Crippen MR) is 102 cm³/mol. The molecular weight excluding hydrogens is 300 g/mol. The van der Waals surface area contributed by atoms with Crippen molar-refractivity contribution in [3.8, 4) is 0 Å². The lowest BCUT2D eigenvalue weighted by molar-refractivity contribution is -0.142. The van der Waals surface area contributed by atoms with Crippen LogP contribution in [0.3, 0.4) is 0 Å². The molecule has 138 valence electrons. The summed E-state index contributed by atoms with van der Waals surface area (Å²) in [6, 6.07) is 0.0620. The van der Waals surface area contributed by atoms with E-state index in [-0.39, 0.29) is 23.8 Å². The Morgan fingerprint density at radius 1 is 1.21 bits per heavy atom. The number of carbonyl (C=O) groups excluding carboxylic acids is 2. The quantitative estimate of drug-likeness (QED) is 0.562. The van der Waals surface area contributed by atoms with Gasteiger partial charge in [-0.05, 0) is 20.3 Å². The van der Waals surface area contributed by atoms with E-state index >= 15 is 0 Å². The van der Waals surface area contributed by atoms with Crippen LogP contribution in [0.4, 0.5) is 0 Å². The fourth-order valence-corrected chi connectivity index (χ4v) is 2.60. The van der Waals surface area contributed by atoms with Gasteiger partial charge < -0.3 is 9.80 Å². The van der Waals surface area contributed by atoms with Crippen LogP contribution in [-0.2, 0) is 9.59 Å². The number of hydrogen-bond donors (Lipinski definition) is 0. The van der Waals surface area contributed by atoms with Crippen molar-refractivity contribution in [2.45, 2.75) is 67.3 Å². The Morgan fingerprint density at radius 2 is 1.83 bits per heavy atom. The smallest absolute Gasteiger partial charge is 0.249 e. The highest BCUT2D eigenvalue weighted by Gasteiger charge is 2.30. The summed E-state index contributed by atoms with van der Waals surface area (Å²) in [5.41, 5.74) is 0.753. The van der Waals surface area contributed by atoms with Crippen molar-refractivity contribution in [2.24, 2.45) is 5.92 Å². The molecule has 0 aliphatic carbocycles. The summed E-state index contributed by atoms with van der Waals surface area (Å²) in [5, 5.41) is 0. The topological polar surface area (TPSA) is 40.6 Å². The summed E-state index contributed by atoms with van der Waals surface area (Å²) in [7, 11) is 0. The molecule has 0 aromatic carbocycles. The molecule has 4 heteroatoms. The first-order chi connectivity index (χ1) is 11.4. The highest BCUT2D eigenvalue weighted by atomic mass is 16.2. The van der Waals surface area contributed by atoms with Gasteiger partial charge in [0.25, 0.3) is 0 Å². The van der Waals surface area contributed by atoms with E-state index in [0.717, 1.165) is 18.4 Å². The first-order valence-corrected chi connectivity index (χ1v) is 9.31. The molecule has 4 nitrogen and oxygen atoms in total. The number of hydrogen-bond acceptors (Lipinski definition) is 2. The minimum atomic E-state index is 0.0137. The Kier molecular flexibility index (Phi) is 11.1. The van der Waals surface area contributed by atoms with Crippen LogP contribution in [-0.4, -0.2) is 47.3 Å². The third-order valence-electron chi connectivity index (χ3n) is 3.97. The summed E-state index contributed by atoms with van der Waals surface area (Å²) in [4.78, 5) is 28.3. The first kappa shape index (κ1) is 22.4. The highest BCUT2D eigenvalue weighted by molar-refractivity contribution is 5.93. The molecule has 1 aliphatic rings. The van der Waals surface area contributed by atoms with Crippen LogP contribution in [0.15, 0.2) is 23.8 Å². The number of carbonyl (C=O) groups is 2. The number of unbranched alkanes of at least 4 members (excludes halogenated alkanes) is 1. The van der Waals surface area contributed by atoms with Crippen molar-refractivity contribution in [1.82, 2.24) is 9.80 Å². The van der Waals surface area contributed by atoms with E-state index in [2.05, 4.69) is 13.0 Å². The van der Waals surface area contributed by atoms with Crippen molar-refractivity contribution in [2.75, 3.05) is 19.6 Å². The minimum absolute atomic E-state index is 0.0137. The molecule has 0 bridgehead atoms. The Balaban J connectivity index is 0.00000254. The molecule has 2 amide bonds. The van der Waals surface area contributed by atoms with E-state index in [0.29, 0.717) is 19.6 Å². The van der Waals surface area contributed by atoms with E-state index < -0.39 is 0 Å². The van der Waals surface area contributed by atoms with Gasteiger partial charge in [-0.1, -0.05) is 59.3 Å². The molecule has 1 heterocycles. The monoisotopic (exact) mass is 336 g/mol. The Labute approximate surface area is 148 Å². The summed E-state index contributed by atoms with van der Waals surface area (Å²) in [6.07, 6.45) is 8.07. The van der Waals surface area contributed by atoms with E-state index in [9.17, 15) is 9.59 Å². The minimum Gasteiger partial charge on any atom is -0.339 e. The maximum absolute atomic E-state index is 12.5. The summed E-state index contributed by atoms with van der Waals surface area (Å²) >= 11 is 0. The molecule has 0 radical (unpaired) electrons. The average Bonchev–Trinajstić information content (AvgIpc) is 2.58. The molecule has 1 rings (SSSR count). The standard InChI is InChI=1S/C18H30N2O2.C2H6/c1-6-7-8-9-10-15(4)18(22)20-12-11-19(13-16(20)5)17(21)14(2)3;1-2/h8-10,14,16H,6-7,11-13H2,1-5H3;1-2H3/b9-8-,15-10+;. The van der Waals surface area contributed by atoms with Gasteiger partial charge in [0.05, 0.1) is 0 Å². The van der Waals surface area contributed by atoms with Crippen LogP contribution >= 0.6 is 0 Å². The summed E-state index contributed by atoms with van der Waals surface area (Å²) in [6.45, 7) is 15.7. The largest absolute Gasteiger partial charge is 0.339 e. The van der Waals surface area contributed by atoms with Gasteiger partial charge in [-0.25, -0.2) is 0 Å². The summed E-state index contributed by atoms with van der Waals surface area (Å²) in [5.74, 6) is 0.263. The molecule has 1 atom stereocenters. The Hall–Kier alpha value is -1.58. The van der Waals surface area contributed by atoms with Crippen LogP contribution in [0, 0.1) is 5.92 Å². The third kappa shape index (κ3) is 6.90. The lowest BCUT2D eigenvalue weighted by atomic mass is 10.1. The van der Waals surface area contributed by atoms with Gasteiger partial charge in [-0.15, -0.1) is 0 Å². The van der Waals surface area contributed by atoms with Crippen LogP contribution < -0.4 is 0 Å². The van der Waals surface area contributed by atoms with Gasteiger partial charge in [0.1, 0.15) is 0 Å². The maximum atomic E-state index is 12.5. The second-order valence-corrected chi connectivity index (χ2v) is 6.35. The first-order valence-electron chi connectivity index (χ1n) is 9.31. The van der Waals surface area contributed by atoms with Crippen LogP contribution in [0.2, 0.25) is 0 Å². The third-order valence-corrected chi connectivity index (χ3v) is 3.97. The lowest BCUT2D eigenvalue weighted by Crippen LogP contribution is -2.56. The predicted octanol–water partition coefficient (Wildman–Crippen LogP) is 4.03. The fraction of sp³-hybridized carbons (Fsp3) is 0.700. The van der Waals surface area contributed by atoms with Gasteiger partial charge in [-0.3, -0.25) is 9.59 Å². The van der Waals surface area contributed by atoms with E-state index in [4.69, 9.17) is 0 Å². The summed E-state index contributed by atoms with van der Waals surface area (Å²) < 4.78 is 0. The van der Waals surface area contributed by atoms with Crippen molar-refractivity contribution in [3.05, 3.63) is 23.8 Å². The van der Waals surface area contributed by atoms with Gasteiger partial charge in [0, 0.05) is 37.2 Å². The van der Waals surface area contributed by atoms with Gasteiger partial charge in [-0.2, -0.15) is 0 Å². The fourth-order valence-electron chi connectivity index (χ4n) is 2.60. The second-order valence-electron chi connectivity index (χ2n) is 6.35. The average molecular weight is 337 g/mol. The second kappa shape index (κ2) is 11.9. The number of amides is 2. The maximum Gasteiger partial charge on any atom is 0.249 e. The van der Waals surface area contributed by atoms with Crippen LogP contribution in [0.25, 0.3) is 0 Å². The molecule has 1 fully saturated rings. The zero-order valence-corrected chi connectivity index (χ0v) is 16.6. The Morgan fingerprint density at radius 3 is 2.33 bits per heavy atom. The van der Waals surface area contributed by atoms with Gasteiger partial charge in [0.15, 0.2) is 0 Å². The molecule has 1 unspecified atom stereocenters. The van der Waals surface area contributed by atoms with E-state index in [1.165, 1.54) is 0 Å². The molecule has 24 heavy (non-hydrogen) atoms. The molecule has 0 spiro atoms. The zero-order chi connectivity index (χ0) is 18.7. The number of allylic oxidation sites excluding steroid dienone is 3. The van der Waals surface area contributed by atoms with Crippen molar-refractivity contribution in [1.29, 1.82) is 0 Å². The normalized spacial score (nSPS) is 18.7. The van der Waals surface area contributed by atoms with Crippen LogP contribution in [0.1, 0.15) is 61.3 Å². The molecule has 1 aliphatic heterocycles. The zero-order valence-electron chi connectivity index (χ0n) is 16.6. The molecule has 0 aromatic rings. The SMILES string of the molecule is CC.CCC/C=C\C=C(/C)C(=O)N1CCN(C(=O)C(C)C)CC1C. The highest BCUT2D eigenvalue weighted by Crippen LogP contribution is 2.15. The van der Waals surface area contributed by atoms with Crippen molar-refractivity contribution >= 4 is 11.8 Å². The van der Waals surface area contributed by atoms with Gasteiger partial charge in [0.2, 0.25) is 11.8 Å². The lowest BCUT2D eigenvalue weighted by Gasteiger charge is -2.40. The van der Waals surface area contributed by atoms with Crippen molar-refractivity contribution in [3.63, 3.8) is 0 Å². The van der Waals surface area contributed by atoms with Gasteiger partial charge >= 0.3 is 0 Å². The number of nitrogens with zero attached hydrogens (tertiary/aromatic N) is 2. The number of rotatable bonds is 5. The molecule has 0 N–H and O–H groups in total. The Bertz CT molecular complexity index is 453.